The zero-order valence-corrected chi connectivity index (χ0v) is 33.5. The number of aromatic hydroxyl groups is 1. The Hall–Kier alpha value is -5.71. The van der Waals surface area contributed by atoms with Crippen LogP contribution in [0.1, 0.15) is 5.69 Å². The van der Waals surface area contributed by atoms with E-state index in [0.29, 0.717) is 11.3 Å². The minimum absolute atomic E-state index is 0. The van der Waals surface area contributed by atoms with Crippen LogP contribution in [0.5, 0.6) is 5.75 Å². The van der Waals surface area contributed by atoms with Crippen LogP contribution in [0, 0.1) is 13.0 Å². The second-order valence-electron chi connectivity index (χ2n) is 13.5. The predicted molar refractivity (Wildman–Crippen MR) is 228 cm³/mol. The molecule has 4 heterocycles. The van der Waals surface area contributed by atoms with Crippen LogP contribution in [0.3, 0.4) is 0 Å². The summed E-state index contributed by atoms with van der Waals surface area (Å²) in [4.78, 5) is 12.6. The van der Waals surface area contributed by atoms with Crippen molar-refractivity contribution >= 4 is 53.6 Å². The van der Waals surface area contributed by atoms with Crippen molar-refractivity contribution in [2.24, 2.45) is 0 Å². The van der Waals surface area contributed by atoms with E-state index < -0.39 is 0 Å². The maximum absolute atomic E-state index is 10.8. The molecule has 10 aromatic rings. The number of nitrogens with zero attached hydrogens (tertiary/aromatic N) is 2. The number of benzene rings is 6. The van der Waals surface area contributed by atoms with Crippen LogP contribution in [0.15, 0.2) is 164 Å². The van der Waals surface area contributed by atoms with Gasteiger partial charge < -0.3 is 5.11 Å². The maximum Gasteiger partial charge on any atom is 0.124 e. The maximum atomic E-state index is 10.8. The molecule has 0 unspecified atom stereocenters. The summed E-state index contributed by atoms with van der Waals surface area (Å²) in [5.74, 6) is 0.195. The van der Waals surface area contributed by atoms with Gasteiger partial charge in [-0.25, -0.2) is 0 Å². The van der Waals surface area contributed by atoms with Gasteiger partial charge in [0.25, 0.3) is 0 Å². The van der Waals surface area contributed by atoms with Crippen LogP contribution in [-0.2, 0) is 21.1 Å². The average molecular weight is 923 g/mol. The molecule has 0 bridgehead atoms. The number of hydrogen-bond acceptors (Lipinski definition) is 5. The zero-order valence-electron chi connectivity index (χ0n) is 29.6. The van der Waals surface area contributed by atoms with Gasteiger partial charge >= 0.3 is 0 Å². The molecule has 6 heteroatoms. The monoisotopic (exact) mass is 922 g/mol. The number of hydrogen-bond donors (Lipinski definition) is 1. The van der Waals surface area contributed by atoms with Gasteiger partial charge in [-0.15, -0.1) is 46.9 Å². The van der Waals surface area contributed by atoms with Crippen molar-refractivity contribution in [3.63, 3.8) is 0 Å². The number of rotatable bonds is 6. The molecule has 0 saturated carbocycles. The summed E-state index contributed by atoms with van der Waals surface area (Å²) < 4.78 is 2.62. The van der Waals surface area contributed by atoms with E-state index in [2.05, 4.69) is 116 Å². The fourth-order valence-electron chi connectivity index (χ4n) is 7.39. The first kappa shape index (κ1) is 35.0. The van der Waals surface area contributed by atoms with E-state index >= 15 is 0 Å². The van der Waals surface area contributed by atoms with E-state index in [0.717, 1.165) is 44.9 Å². The van der Waals surface area contributed by atoms with Crippen molar-refractivity contribution in [1.82, 2.24) is 9.97 Å². The first-order chi connectivity index (χ1) is 26.6. The van der Waals surface area contributed by atoms with Gasteiger partial charge in [0, 0.05) is 84.4 Å². The molecule has 0 aliphatic carbocycles. The summed E-state index contributed by atoms with van der Waals surface area (Å²) in [5.41, 5.74) is 10.2. The molecule has 0 atom stereocenters. The van der Waals surface area contributed by atoms with Gasteiger partial charge in [-0.2, -0.15) is 0 Å². The Kier molecular flexibility index (Phi) is 9.23. The van der Waals surface area contributed by atoms with Gasteiger partial charge in [-0.3, -0.25) is 9.97 Å². The third kappa shape index (κ3) is 6.49. The summed E-state index contributed by atoms with van der Waals surface area (Å²) in [5, 5.41) is 15.9. The quantitative estimate of drug-likeness (QED) is 0.169. The number of aromatic nitrogens is 2. The molecule has 6 aromatic carbocycles. The van der Waals surface area contributed by atoms with Crippen LogP contribution in [-0.4, -0.2) is 15.1 Å². The Morgan fingerprint density at radius 1 is 0.455 bits per heavy atom. The fraction of sp³-hybridized carbons (Fsp3) is 0.0204. The van der Waals surface area contributed by atoms with Crippen LogP contribution in [0.4, 0.5) is 0 Å². The van der Waals surface area contributed by atoms with Crippen molar-refractivity contribution in [2.45, 2.75) is 6.92 Å². The standard InChI is InChI=1S/C49H31N2OS2.Pt/c1-30-24-36(49-40-18-6-5-17-39(40)48(54-49)34-22-23-38-37-16-8-10-21-46(37)53-47(38)29-34)28-42(50-30)32-14-11-15-33(25-32)43-26-35(31-12-3-2-4-13-31)27-44(51-43)41-19-7-9-20-45(41)52;/h2-24,26-29,52H,1H3;/q-1;. The van der Waals surface area contributed by atoms with Crippen molar-refractivity contribution in [1.29, 1.82) is 0 Å². The first-order valence-corrected chi connectivity index (χ1v) is 19.5. The Morgan fingerprint density at radius 2 is 1.07 bits per heavy atom. The van der Waals surface area contributed by atoms with Crippen LogP contribution >= 0.6 is 22.7 Å². The third-order valence-electron chi connectivity index (χ3n) is 9.94. The zero-order chi connectivity index (χ0) is 36.2. The Bertz CT molecular complexity index is 3040. The van der Waals surface area contributed by atoms with E-state index in [1.807, 2.05) is 77.3 Å². The molecular formula is C49H31N2OPtS2-. The van der Waals surface area contributed by atoms with Gasteiger partial charge in [0.15, 0.2) is 0 Å². The normalized spacial score (nSPS) is 11.3. The number of thiophene rings is 2. The molecule has 4 aromatic heterocycles. The van der Waals surface area contributed by atoms with Gasteiger partial charge in [0.2, 0.25) is 0 Å². The van der Waals surface area contributed by atoms with Gasteiger partial charge in [0.1, 0.15) is 5.75 Å². The fourth-order valence-corrected chi connectivity index (χ4v) is 9.79. The largest absolute Gasteiger partial charge is 0.507 e. The third-order valence-corrected chi connectivity index (χ3v) is 12.4. The minimum Gasteiger partial charge on any atom is -0.507 e. The summed E-state index contributed by atoms with van der Waals surface area (Å²) >= 11 is 3.70. The van der Waals surface area contributed by atoms with Gasteiger partial charge in [-0.1, -0.05) is 120 Å². The van der Waals surface area contributed by atoms with E-state index in [1.54, 1.807) is 6.07 Å². The number of phenolic OH excluding ortho intramolecular Hbond substituents is 1. The molecule has 0 spiro atoms. The summed E-state index contributed by atoms with van der Waals surface area (Å²) in [6.07, 6.45) is 0. The average Bonchev–Trinajstić information content (AvgIpc) is 3.80. The molecule has 0 aliphatic rings. The molecule has 55 heavy (non-hydrogen) atoms. The molecule has 0 fully saturated rings. The number of para-hydroxylation sites is 1. The minimum atomic E-state index is 0. The second kappa shape index (κ2) is 14.5. The molecule has 10 rings (SSSR count). The van der Waals surface area contributed by atoms with E-state index in [4.69, 9.17) is 9.97 Å². The topological polar surface area (TPSA) is 46.0 Å². The number of fused-ring (bicyclic) bond motifs is 4. The number of aryl methyl sites for hydroxylation is 1. The van der Waals surface area contributed by atoms with E-state index in [9.17, 15) is 5.11 Å². The first-order valence-electron chi connectivity index (χ1n) is 17.9. The van der Waals surface area contributed by atoms with Crippen LogP contribution in [0.2, 0.25) is 0 Å². The van der Waals surface area contributed by atoms with Gasteiger partial charge in [-0.05, 0) is 65.6 Å². The molecule has 0 radical (unpaired) electrons. The molecule has 0 amide bonds. The van der Waals surface area contributed by atoms with Crippen molar-refractivity contribution < 1.29 is 26.2 Å². The molecule has 1 N–H and O–H groups in total. The predicted octanol–water partition coefficient (Wildman–Crippen LogP) is 13.9. The van der Waals surface area contributed by atoms with Crippen molar-refractivity contribution in [3.8, 4) is 71.5 Å². The Morgan fingerprint density at radius 3 is 1.85 bits per heavy atom. The summed E-state index contributed by atoms with van der Waals surface area (Å²) in [7, 11) is 0. The van der Waals surface area contributed by atoms with Gasteiger partial charge in [0.05, 0.1) is 5.69 Å². The Balaban J connectivity index is 0.00000397. The number of phenols is 1. The SMILES string of the molecule is Cc1cc(-c2sc(-c3ccc4c(c3)sc3ccccc34)c3ccccc23)cc(-c2[c-]c(-c3cc(-c4ccccc4)cc(-c4ccccc4O)n3)ccc2)n1.[Pt]. The van der Waals surface area contributed by atoms with E-state index in [-0.39, 0.29) is 26.8 Å². The van der Waals surface area contributed by atoms with E-state index in [1.165, 1.54) is 46.3 Å². The molecular weight excluding hydrogens is 892 g/mol. The smallest absolute Gasteiger partial charge is 0.124 e. The second-order valence-corrected chi connectivity index (χ2v) is 15.6. The van der Waals surface area contributed by atoms with Crippen molar-refractivity contribution in [2.75, 3.05) is 0 Å². The summed E-state index contributed by atoms with van der Waals surface area (Å²) in [6.45, 7) is 2.06. The molecule has 0 saturated heterocycles. The molecule has 0 aliphatic heterocycles. The van der Waals surface area contributed by atoms with Crippen molar-refractivity contribution in [3.05, 3.63) is 176 Å². The molecule has 266 valence electrons. The Labute approximate surface area is 341 Å². The summed E-state index contributed by atoms with van der Waals surface area (Å²) in [6, 6.07) is 60.3. The van der Waals surface area contributed by atoms with Crippen LogP contribution in [0.25, 0.3) is 96.7 Å². The van der Waals surface area contributed by atoms with Crippen LogP contribution < -0.4 is 0 Å². The molecule has 3 nitrogen and oxygen atoms in total. The number of pyridine rings is 2.